The Balaban J connectivity index is 1.68. The first-order valence-corrected chi connectivity index (χ1v) is 9.36. The molecule has 4 nitrogen and oxygen atoms in total. The summed E-state index contributed by atoms with van der Waals surface area (Å²) in [5.41, 5.74) is 1.12. The maximum Gasteiger partial charge on any atom is 0.389 e. The normalized spacial score (nSPS) is 33.8. The van der Waals surface area contributed by atoms with Crippen molar-refractivity contribution in [1.82, 2.24) is 4.90 Å². The Hall–Kier alpha value is -1.45. The molecule has 132 valence electrons. The van der Waals surface area contributed by atoms with Crippen LogP contribution in [0.3, 0.4) is 0 Å². The van der Waals surface area contributed by atoms with Gasteiger partial charge in [-0.15, -0.1) is 0 Å². The van der Waals surface area contributed by atoms with Gasteiger partial charge in [0.25, 0.3) is 0 Å². The van der Waals surface area contributed by atoms with Gasteiger partial charge in [0, 0.05) is 13.1 Å². The van der Waals surface area contributed by atoms with E-state index in [2.05, 4.69) is 26.6 Å². The predicted molar refractivity (Wildman–Crippen MR) is 94.9 cm³/mol. The van der Waals surface area contributed by atoms with Crippen molar-refractivity contribution in [2.45, 2.75) is 52.4 Å². The summed E-state index contributed by atoms with van der Waals surface area (Å²) in [7, 11) is 1.70. The lowest BCUT2D eigenvalue weighted by molar-refractivity contribution is -0.415. The monoisotopic (exact) mass is 331 g/mol. The van der Waals surface area contributed by atoms with Crippen LogP contribution in [0.1, 0.15) is 52.4 Å². The van der Waals surface area contributed by atoms with Gasteiger partial charge in [0.1, 0.15) is 13.8 Å². The number of likely N-dealkylation sites (tertiary alicyclic amines) is 1. The van der Waals surface area contributed by atoms with E-state index in [9.17, 15) is 9.59 Å². The molecule has 0 aromatic rings. The molecule has 4 aliphatic rings. The molecular weight excluding hydrogens is 300 g/mol. The number of nitrogens with zero attached hydrogens (tertiary/aromatic N) is 2. The Morgan fingerprint density at radius 3 is 2.50 bits per heavy atom. The summed E-state index contributed by atoms with van der Waals surface area (Å²) in [6, 6.07) is 0. The van der Waals surface area contributed by atoms with Crippen LogP contribution < -0.4 is 0 Å². The molecule has 4 heteroatoms. The number of hydrogen-bond donors (Lipinski definition) is 0. The Kier molecular flexibility index (Phi) is 4.67. The maximum atomic E-state index is 13.2. The highest BCUT2D eigenvalue weighted by Crippen LogP contribution is 2.46. The average molecular weight is 331 g/mol. The number of amides is 2. The lowest BCUT2D eigenvalue weighted by atomic mass is 9.65. The summed E-state index contributed by atoms with van der Waals surface area (Å²) in [4.78, 5) is 27.3. The Morgan fingerprint density at radius 1 is 1.29 bits per heavy atom. The molecule has 0 N–H and O–H groups in total. The van der Waals surface area contributed by atoms with Gasteiger partial charge in [-0.1, -0.05) is 18.6 Å². The smallest absolute Gasteiger partial charge is 0.342 e. The van der Waals surface area contributed by atoms with Crippen molar-refractivity contribution in [1.29, 1.82) is 0 Å². The zero-order valence-electron chi connectivity index (χ0n) is 15.4. The minimum Gasteiger partial charge on any atom is -0.342 e. The third-order valence-corrected chi connectivity index (χ3v) is 6.13. The summed E-state index contributed by atoms with van der Waals surface area (Å²) in [5.74, 6) is 1.83. The van der Waals surface area contributed by atoms with Gasteiger partial charge in [0.15, 0.2) is 0 Å². The number of hydrogen-bond acceptors (Lipinski definition) is 2. The van der Waals surface area contributed by atoms with E-state index in [-0.39, 0.29) is 23.1 Å². The van der Waals surface area contributed by atoms with E-state index in [1.54, 1.807) is 7.05 Å². The van der Waals surface area contributed by atoms with Crippen LogP contribution in [0.5, 0.6) is 0 Å². The molecule has 0 aromatic carbocycles. The summed E-state index contributed by atoms with van der Waals surface area (Å²) in [6.07, 6.45) is 8.39. The van der Waals surface area contributed by atoms with Gasteiger partial charge in [-0.05, 0) is 57.3 Å². The summed E-state index contributed by atoms with van der Waals surface area (Å²) in [5, 5.41) is 0. The van der Waals surface area contributed by atoms with E-state index in [1.165, 1.54) is 29.4 Å². The van der Waals surface area contributed by atoms with E-state index in [4.69, 9.17) is 0 Å². The van der Waals surface area contributed by atoms with E-state index in [1.807, 2.05) is 4.90 Å². The van der Waals surface area contributed by atoms with Crippen LogP contribution in [0, 0.1) is 23.2 Å². The van der Waals surface area contributed by atoms with Crippen molar-refractivity contribution < 1.29 is 14.2 Å². The minimum absolute atomic E-state index is 0.0198. The number of fused-ring (bicyclic) bond motifs is 4. The molecule has 3 aliphatic carbocycles. The van der Waals surface area contributed by atoms with Crippen LogP contribution in [-0.2, 0) is 9.59 Å². The van der Waals surface area contributed by atoms with Crippen molar-refractivity contribution >= 4 is 18.5 Å². The van der Waals surface area contributed by atoms with Crippen LogP contribution in [0.4, 0.5) is 0 Å². The van der Waals surface area contributed by atoms with Crippen LogP contribution in [0.25, 0.3) is 0 Å². The molecule has 0 spiro atoms. The molecule has 2 fully saturated rings. The van der Waals surface area contributed by atoms with Gasteiger partial charge in [0.2, 0.25) is 5.91 Å². The highest BCUT2D eigenvalue weighted by molar-refractivity contribution is 5.85. The van der Waals surface area contributed by atoms with Crippen LogP contribution in [0.15, 0.2) is 11.6 Å². The van der Waals surface area contributed by atoms with Gasteiger partial charge in [-0.3, -0.25) is 4.79 Å². The molecule has 2 atom stereocenters. The zero-order valence-corrected chi connectivity index (χ0v) is 15.4. The molecule has 1 saturated heterocycles. The number of piperidine rings is 1. The van der Waals surface area contributed by atoms with E-state index in [0.717, 1.165) is 25.2 Å². The zero-order chi connectivity index (χ0) is 17.5. The van der Waals surface area contributed by atoms with Crippen molar-refractivity contribution in [3.63, 3.8) is 0 Å². The fourth-order valence-electron chi connectivity index (χ4n) is 5.00. The minimum atomic E-state index is -0.361. The fourth-order valence-corrected chi connectivity index (χ4v) is 5.00. The van der Waals surface area contributed by atoms with Gasteiger partial charge < -0.3 is 4.90 Å². The SMILES string of the molecule is C=[N+](C)C(=O)C1CCN(C(=O)C2(C)C=C3CC(C3)CC(C)C2)CC1. The molecule has 4 rings (SSSR count). The number of carbonyl (C=O) groups is 2. The summed E-state index contributed by atoms with van der Waals surface area (Å²) >= 11 is 0. The fraction of sp³-hybridized carbons (Fsp3) is 0.750. The predicted octanol–water partition coefficient (Wildman–Crippen LogP) is 2.87. The topological polar surface area (TPSA) is 40.4 Å². The van der Waals surface area contributed by atoms with Crippen molar-refractivity contribution in [2.75, 3.05) is 20.1 Å². The number of allylic oxidation sites excluding steroid dienone is 1. The molecular formula is C20H31N2O2+. The van der Waals surface area contributed by atoms with Gasteiger partial charge in [0.05, 0.1) is 11.3 Å². The highest BCUT2D eigenvalue weighted by atomic mass is 16.2. The lowest BCUT2D eigenvalue weighted by Crippen LogP contribution is -2.48. The van der Waals surface area contributed by atoms with Crippen LogP contribution in [0.2, 0.25) is 0 Å². The summed E-state index contributed by atoms with van der Waals surface area (Å²) in [6.45, 7) is 9.49. The molecule has 1 aliphatic heterocycles. The van der Waals surface area contributed by atoms with Gasteiger partial charge >= 0.3 is 5.91 Å². The molecule has 0 aromatic heterocycles. The summed E-state index contributed by atoms with van der Waals surface area (Å²) < 4.78 is 1.43. The Morgan fingerprint density at radius 2 is 1.92 bits per heavy atom. The largest absolute Gasteiger partial charge is 0.389 e. The first kappa shape index (κ1) is 17.4. The van der Waals surface area contributed by atoms with Gasteiger partial charge in [-0.2, -0.15) is 4.58 Å². The number of rotatable bonds is 2. The second-order valence-electron chi connectivity index (χ2n) is 8.64. The number of carbonyl (C=O) groups excluding carboxylic acids is 2. The average Bonchev–Trinajstić information content (AvgIpc) is 2.49. The van der Waals surface area contributed by atoms with E-state index >= 15 is 0 Å². The first-order valence-electron chi connectivity index (χ1n) is 9.36. The second-order valence-corrected chi connectivity index (χ2v) is 8.64. The maximum absolute atomic E-state index is 13.2. The molecule has 2 unspecified atom stereocenters. The quantitative estimate of drug-likeness (QED) is 0.443. The van der Waals surface area contributed by atoms with Crippen LogP contribution in [-0.4, -0.2) is 48.1 Å². The third kappa shape index (κ3) is 3.33. The molecule has 2 amide bonds. The third-order valence-electron chi connectivity index (χ3n) is 6.13. The molecule has 1 heterocycles. The van der Waals surface area contributed by atoms with Gasteiger partial charge in [-0.25, -0.2) is 4.79 Å². The molecule has 1 saturated carbocycles. The lowest BCUT2D eigenvalue weighted by Gasteiger charge is -2.43. The standard InChI is InChI=1S/C20H31N2O2/c1-14-9-15-10-16(11-15)13-20(2,12-14)19(24)22-7-5-17(6-8-22)18(23)21(3)4/h13-15,17H,3,5-12H2,1-2,4H3/q+1. The highest BCUT2D eigenvalue weighted by Gasteiger charge is 2.42. The van der Waals surface area contributed by atoms with E-state index < -0.39 is 0 Å². The Labute approximate surface area is 145 Å². The molecule has 0 radical (unpaired) electrons. The second kappa shape index (κ2) is 6.45. The molecule has 2 bridgehead atoms. The van der Waals surface area contributed by atoms with E-state index in [0.29, 0.717) is 19.0 Å². The molecule has 24 heavy (non-hydrogen) atoms. The van der Waals surface area contributed by atoms with Crippen molar-refractivity contribution in [2.24, 2.45) is 23.2 Å². The van der Waals surface area contributed by atoms with Crippen molar-refractivity contribution in [3.8, 4) is 0 Å². The first-order chi connectivity index (χ1) is 11.3. The van der Waals surface area contributed by atoms with Crippen molar-refractivity contribution in [3.05, 3.63) is 11.6 Å². The van der Waals surface area contributed by atoms with Crippen LogP contribution >= 0.6 is 0 Å². The Bertz CT molecular complexity index is 578.